The summed E-state index contributed by atoms with van der Waals surface area (Å²) in [7, 11) is 0. The minimum atomic E-state index is -1.11. The van der Waals surface area contributed by atoms with E-state index in [-0.39, 0.29) is 5.69 Å². The number of ether oxygens (including phenoxy) is 2. The van der Waals surface area contributed by atoms with Crippen LogP contribution in [0.2, 0.25) is 0 Å². The van der Waals surface area contributed by atoms with Gasteiger partial charge in [-0.25, -0.2) is 9.78 Å². The van der Waals surface area contributed by atoms with Crippen LogP contribution in [-0.2, 0) is 11.3 Å². The van der Waals surface area contributed by atoms with Crippen molar-refractivity contribution in [2.45, 2.75) is 6.54 Å². The van der Waals surface area contributed by atoms with Gasteiger partial charge in [-0.3, -0.25) is 0 Å². The van der Waals surface area contributed by atoms with Gasteiger partial charge in [-0.2, -0.15) is 4.98 Å². The fraction of sp³-hybridized carbons (Fsp3) is 0.208. The quantitative estimate of drug-likeness (QED) is 0.432. The summed E-state index contributed by atoms with van der Waals surface area (Å²) in [5.74, 6) is -0.234. The zero-order valence-electron chi connectivity index (χ0n) is 17.7. The number of anilines is 2. The van der Waals surface area contributed by atoms with E-state index in [2.05, 4.69) is 32.3 Å². The van der Waals surface area contributed by atoms with Gasteiger partial charge in [-0.15, -0.1) is 0 Å². The third-order valence-corrected chi connectivity index (χ3v) is 5.32. The van der Waals surface area contributed by atoms with Crippen molar-refractivity contribution in [3.8, 4) is 11.5 Å². The Balaban J connectivity index is 1.30. The van der Waals surface area contributed by atoms with E-state index in [9.17, 15) is 4.79 Å². The Kier molecular flexibility index (Phi) is 5.77. The van der Waals surface area contributed by atoms with E-state index in [1.807, 2.05) is 12.1 Å². The third-order valence-electron chi connectivity index (χ3n) is 5.32. The van der Waals surface area contributed by atoms with Gasteiger partial charge in [0.25, 0.3) is 6.01 Å². The lowest BCUT2D eigenvalue weighted by molar-refractivity contribution is 0.0690. The molecule has 9 nitrogen and oxygen atoms in total. The number of oxazole rings is 1. The summed E-state index contributed by atoms with van der Waals surface area (Å²) in [6, 6.07) is 16.9. The molecule has 0 spiro atoms. The van der Waals surface area contributed by atoms with Crippen LogP contribution in [0.4, 0.5) is 11.7 Å². The predicted molar refractivity (Wildman–Crippen MR) is 122 cm³/mol. The average molecular weight is 446 g/mol. The molecule has 2 aromatic carbocycles. The van der Waals surface area contributed by atoms with Gasteiger partial charge in [-0.05, 0) is 29.8 Å². The fourth-order valence-electron chi connectivity index (χ4n) is 3.72. The second-order valence-electron chi connectivity index (χ2n) is 7.51. The molecule has 0 amide bonds. The van der Waals surface area contributed by atoms with Crippen molar-refractivity contribution in [1.82, 2.24) is 9.97 Å². The maximum atomic E-state index is 11.1. The minimum Gasteiger partial charge on any atom is -0.477 e. The molecule has 1 fully saturated rings. The average Bonchev–Trinajstić information content (AvgIpc) is 3.26. The molecule has 2 N–H and O–H groups in total. The normalized spacial score (nSPS) is 13.8. The highest BCUT2D eigenvalue weighted by Crippen LogP contribution is 2.28. The van der Waals surface area contributed by atoms with E-state index in [0.29, 0.717) is 35.2 Å². The zero-order valence-corrected chi connectivity index (χ0v) is 17.7. The topological polar surface area (TPSA) is 110 Å². The molecule has 168 valence electrons. The van der Waals surface area contributed by atoms with Gasteiger partial charge in [0.15, 0.2) is 11.3 Å². The molecule has 1 aliphatic heterocycles. The van der Waals surface area contributed by atoms with Crippen LogP contribution in [0, 0.1) is 0 Å². The van der Waals surface area contributed by atoms with Gasteiger partial charge >= 0.3 is 5.97 Å². The number of nitrogens with one attached hydrogen (secondary N) is 1. The number of nitrogens with zero attached hydrogens (tertiary/aromatic N) is 3. The Bertz CT molecular complexity index is 1280. The number of pyridine rings is 1. The van der Waals surface area contributed by atoms with Gasteiger partial charge in [0, 0.05) is 43.7 Å². The first-order chi connectivity index (χ1) is 16.2. The Morgan fingerprint density at radius 2 is 1.91 bits per heavy atom. The van der Waals surface area contributed by atoms with Gasteiger partial charge in [0.1, 0.15) is 17.0 Å². The summed E-state index contributed by atoms with van der Waals surface area (Å²) >= 11 is 0. The summed E-state index contributed by atoms with van der Waals surface area (Å²) in [4.78, 5) is 21.7. The Labute approximate surface area is 189 Å². The number of hydrogen-bond acceptors (Lipinski definition) is 8. The summed E-state index contributed by atoms with van der Waals surface area (Å²) < 4.78 is 17.1. The lowest BCUT2D eigenvalue weighted by Gasteiger charge is -2.30. The van der Waals surface area contributed by atoms with Crippen molar-refractivity contribution in [3.05, 3.63) is 72.1 Å². The van der Waals surface area contributed by atoms with Gasteiger partial charge in [-0.1, -0.05) is 18.2 Å². The molecule has 3 heterocycles. The summed E-state index contributed by atoms with van der Waals surface area (Å²) in [5.41, 5.74) is 3.49. The maximum absolute atomic E-state index is 11.1. The number of carbonyl (C=O) groups is 1. The Morgan fingerprint density at radius 1 is 1.09 bits per heavy atom. The van der Waals surface area contributed by atoms with Crippen molar-refractivity contribution >= 4 is 28.8 Å². The second-order valence-corrected chi connectivity index (χ2v) is 7.51. The number of hydrogen-bond donors (Lipinski definition) is 2. The van der Waals surface area contributed by atoms with Crippen LogP contribution in [0.5, 0.6) is 11.5 Å². The lowest BCUT2D eigenvalue weighted by Crippen LogP contribution is -2.36. The number of morpholine rings is 1. The van der Waals surface area contributed by atoms with Crippen LogP contribution < -0.4 is 15.0 Å². The predicted octanol–water partition coefficient (Wildman–Crippen LogP) is 4.16. The molecule has 1 aliphatic rings. The number of aromatic nitrogens is 2. The number of aromatic carboxylic acids is 1. The minimum absolute atomic E-state index is 0.0860. The van der Waals surface area contributed by atoms with Crippen molar-refractivity contribution in [1.29, 1.82) is 0 Å². The molecule has 0 aliphatic carbocycles. The first-order valence-corrected chi connectivity index (χ1v) is 10.6. The number of benzene rings is 2. The first kappa shape index (κ1) is 20.8. The molecule has 4 aromatic rings. The van der Waals surface area contributed by atoms with Crippen LogP contribution in [0.25, 0.3) is 11.1 Å². The largest absolute Gasteiger partial charge is 0.477 e. The monoisotopic (exact) mass is 446 g/mol. The smallest absolute Gasteiger partial charge is 0.354 e. The summed E-state index contributed by atoms with van der Waals surface area (Å²) in [6.45, 7) is 3.77. The van der Waals surface area contributed by atoms with E-state index < -0.39 is 5.97 Å². The van der Waals surface area contributed by atoms with Gasteiger partial charge in [0.2, 0.25) is 0 Å². The van der Waals surface area contributed by atoms with Crippen molar-refractivity contribution in [3.63, 3.8) is 0 Å². The molecule has 0 radical (unpaired) electrons. The molecule has 9 heteroatoms. The Hall–Kier alpha value is -4.11. The van der Waals surface area contributed by atoms with Crippen LogP contribution in [0.3, 0.4) is 0 Å². The molecule has 0 unspecified atom stereocenters. The van der Waals surface area contributed by atoms with E-state index >= 15 is 0 Å². The van der Waals surface area contributed by atoms with E-state index in [1.165, 1.54) is 18.0 Å². The molecule has 33 heavy (non-hydrogen) atoms. The van der Waals surface area contributed by atoms with E-state index in [4.69, 9.17) is 19.0 Å². The van der Waals surface area contributed by atoms with Crippen molar-refractivity contribution in [2.24, 2.45) is 0 Å². The van der Waals surface area contributed by atoms with Crippen molar-refractivity contribution in [2.75, 3.05) is 36.5 Å². The number of carboxylic acids is 1. The summed E-state index contributed by atoms with van der Waals surface area (Å²) in [6.07, 6.45) is 1.39. The van der Waals surface area contributed by atoms with E-state index in [1.54, 1.807) is 24.3 Å². The molecular formula is C24H22N4O5. The number of carboxylic acid groups (broad SMARTS) is 1. The lowest BCUT2D eigenvalue weighted by atomic mass is 10.1. The molecule has 1 saturated heterocycles. The highest BCUT2D eigenvalue weighted by atomic mass is 16.5. The molecular weight excluding hydrogens is 424 g/mol. The molecule has 2 aromatic heterocycles. The number of fused-ring (bicyclic) bond motifs is 1. The first-order valence-electron chi connectivity index (χ1n) is 10.6. The van der Waals surface area contributed by atoms with Crippen LogP contribution in [0.15, 0.2) is 65.2 Å². The van der Waals surface area contributed by atoms with Crippen LogP contribution >= 0.6 is 0 Å². The second kappa shape index (κ2) is 9.17. The highest BCUT2D eigenvalue weighted by molar-refractivity contribution is 5.85. The molecule has 0 atom stereocenters. The maximum Gasteiger partial charge on any atom is 0.354 e. The molecule has 5 rings (SSSR count). The highest BCUT2D eigenvalue weighted by Gasteiger charge is 2.15. The zero-order chi connectivity index (χ0) is 22.6. The van der Waals surface area contributed by atoms with Gasteiger partial charge < -0.3 is 29.2 Å². The van der Waals surface area contributed by atoms with Crippen LogP contribution in [-0.4, -0.2) is 47.3 Å². The van der Waals surface area contributed by atoms with E-state index in [0.717, 1.165) is 31.9 Å². The molecule has 0 saturated carbocycles. The fourth-order valence-corrected chi connectivity index (χ4v) is 3.72. The third kappa shape index (κ3) is 4.73. The van der Waals surface area contributed by atoms with Crippen molar-refractivity contribution < 1.29 is 23.8 Å². The standard InChI is InChI=1S/C24H22N4O5/c29-23(30)20-13-18(7-8-25-20)32-17-5-6-19-22(14-17)33-24(27-19)26-15-16-3-1-2-4-21(16)28-9-11-31-12-10-28/h1-8,13-14H,9-12,15H2,(H,26,27)(H,29,30). The molecule has 0 bridgehead atoms. The number of rotatable bonds is 7. The summed E-state index contributed by atoms with van der Waals surface area (Å²) in [5, 5.41) is 12.4. The van der Waals surface area contributed by atoms with Crippen LogP contribution in [0.1, 0.15) is 16.1 Å². The number of para-hydroxylation sites is 1. The Morgan fingerprint density at radius 3 is 2.76 bits per heavy atom. The SMILES string of the molecule is O=C(O)c1cc(Oc2ccc3nc(NCc4ccccc4N4CCOCC4)oc3c2)ccn1. The van der Waals surface area contributed by atoms with Gasteiger partial charge in [0.05, 0.1) is 13.2 Å².